The second kappa shape index (κ2) is 6.30. The smallest absolute Gasteiger partial charge is 0.0992 e. The van der Waals surface area contributed by atoms with E-state index in [2.05, 4.69) is 56.9 Å². The van der Waals surface area contributed by atoms with E-state index in [1.165, 1.54) is 11.1 Å². The lowest BCUT2D eigenvalue weighted by Gasteiger charge is -2.21. The fraction of sp³-hybridized carbons (Fsp3) is 0.235. The highest BCUT2D eigenvalue weighted by Crippen LogP contribution is 2.31. The molecule has 21 heavy (non-hydrogen) atoms. The Labute approximate surface area is 133 Å². The first-order chi connectivity index (χ1) is 10.3. The minimum atomic E-state index is 0.278. The van der Waals surface area contributed by atoms with E-state index in [9.17, 15) is 0 Å². The summed E-state index contributed by atoms with van der Waals surface area (Å²) in [4.78, 5) is 0. The number of nitriles is 1. The molecule has 1 unspecified atom stereocenters. The van der Waals surface area contributed by atoms with E-state index in [0.29, 0.717) is 5.56 Å². The van der Waals surface area contributed by atoms with Crippen LogP contribution in [0.25, 0.3) is 0 Å². The average Bonchev–Trinajstić information content (AvgIpc) is 2.72. The van der Waals surface area contributed by atoms with Gasteiger partial charge in [0.25, 0.3) is 0 Å². The van der Waals surface area contributed by atoms with Crippen molar-refractivity contribution >= 4 is 21.6 Å². The summed E-state index contributed by atoms with van der Waals surface area (Å²) < 4.78 is 0.927. The molecule has 3 rings (SSSR count). The summed E-state index contributed by atoms with van der Waals surface area (Å²) >= 11 is 3.55. The Morgan fingerprint density at radius 1 is 1.24 bits per heavy atom. The van der Waals surface area contributed by atoms with Gasteiger partial charge < -0.3 is 10.6 Å². The SMILES string of the molecule is N#Cc1ccc(NC2CCNCc3ccccc32)c(Br)c1. The third-order valence-corrected chi connectivity index (χ3v) is 4.44. The van der Waals surface area contributed by atoms with Crippen molar-refractivity contribution in [1.82, 2.24) is 5.32 Å². The molecule has 0 saturated heterocycles. The minimum Gasteiger partial charge on any atom is -0.377 e. The number of hydrogen-bond acceptors (Lipinski definition) is 3. The molecule has 1 heterocycles. The molecule has 2 aromatic rings. The molecule has 1 aliphatic rings. The first-order valence-electron chi connectivity index (χ1n) is 7.02. The zero-order valence-electron chi connectivity index (χ0n) is 11.6. The van der Waals surface area contributed by atoms with Crippen LogP contribution in [0.5, 0.6) is 0 Å². The number of rotatable bonds is 2. The topological polar surface area (TPSA) is 47.9 Å². The van der Waals surface area contributed by atoms with Crippen molar-refractivity contribution in [2.45, 2.75) is 19.0 Å². The summed E-state index contributed by atoms with van der Waals surface area (Å²) in [6.07, 6.45) is 1.03. The van der Waals surface area contributed by atoms with Crippen molar-refractivity contribution in [2.75, 3.05) is 11.9 Å². The Balaban J connectivity index is 1.90. The van der Waals surface area contributed by atoms with Gasteiger partial charge in [-0.15, -0.1) is 0 Å². The number of nitrogens with zero attached hydrogens (tertiary/aromatic N) is 1. The molecule has 0 saturated carbocycles. The van der Waals surface area contributed by atoms with Crippen molar-refractivity contribution in [2.24, 2.45) is 0 Å². The molecule has 0 fully saturated rings. The number of anilines is 1. The van der Waals surface area contributed by atoms with Crippen LogP contribution in [0.15, 0.2) is 46.9 Å². The van der Waals surface area contributed by atoms with Crippen LogP contribution in [0.3, 0.4) is 0 Å². The van der Waals surface area contributed by atoms with Crippen LogP contribution >= 0.6 is 15.9 Å². The summed E-state index contributed by atoms with van der Waals surface area (Å²) in [6, 6.07) is 16.6. The summed E-state index contributed by atoms with van der Waals surface area (Å²) in [7, 11) is 0. The standard InChI is InChI=1S/C17H16BrN3/c18-15-9-12(10-19)5-6-17(15)21-16-7-8-20-11-13-3-1-2-4-14(13)16/h1-6,9,16,20-21H,7-8,11H2. The number of hydrogen-bond donors (Lipinski definition) is 2. The molecule has 2 aromatic carbocycles. The quantitative estimate of drug-likeness (QED) is 0.868. The van der Waals surface area contributed by atoms with Crippen LogP contribution in [0.1, 0.15) is 29.2 Å². The first kappa shape index (κ1) is 14.1. The summed E-state index contributed by atoms with van der Waals surface area (Å²) in [5, 5.41) is 16.0. The van der Waals surface area contributed by atoms with Gasteiger partial charge in [-0.05, 0) is 58.2 Å². The third-order valence-electron chi connectivity index (χ3n) is 3.78. The Bertz CT molecular complexity index is 691. The van der Waals surface area contributed by atoms with Crippen molar-refractivity contribution < 1.29 is 0 Å². The molecule has 106 valence electrons. The second-order valence-corrected chi connectivity index (χ2v) is 6.02. The van der Waals surface area contributed by atoms with E-state index in [1.54, 1.807) is 0 Å². The molecular weight excluding hydrogens is 326 g/mol. The number of nitrogens with one attached hydrogen (secondary N) is 2. The lowest BCUT2D eigenvalue weighted by molar-refractivity contribution is 0.637. The maximum atomic E-state index is 8.94. The highest BCUT2D eigenvalue weighted by molar-refractivity contribution is 9.10. The molecule has 0 aromatic heterocycles. The van der Waals surface area contributed by atoms with Gasteiger partial charge in [-0.2, -0.15) is 5.26 Å². The maximum Gasteiger partial charge on any atom is 0.0992 e. The molecule has 4 heteroatoms. The van der Waals surface area contributed by atoms with Gasteiger partial charge >= 0.3 is 0 Å². The highest BCUT2D eigenvalue weighted by Gasteiger charge is 2.18. The van der Waals surface area contributed by atoms with Crippen LogP contribution in [0, 0.1) is 11.3 Å². The maximum absolute atomic E-state index is 8.94. The van der Waals surface area contributed by atoms with Crippen molar-refractivity contribution in [3.8, 4) is 6.07 Å². The van der Waals surface area contributed by atoms with E-state index in [-0.39, 0.29) is 6.04 Å². The predicted molar refractivity (Wildman–Crippen MR) is 88.0 cm³/mol. The highest BCUT2D eigenvalue weighted by atomic mass is 79.9. The Morgan fingerprint density at radius 2 is 2.10 bits per heavy atom. The van der Waals surface area contributed by atoms with Gasteiger partial charge in [0.2, 0.25) is 0 Å². The van der Waals surface area contributed by atoms with E-state index in [0.717, 1.165) is 29.7 Å². The van der Waals surface area contributed by atoms with E-state index < -0.39 is 0 Å². The number of halogens is 1. The first-order valence-corrected chi connectivity index (χ1v) is 7.82. The van der Waals surface area contributed by atoms with Crippen LogP contribution in [0.4, 0.5) is 5.69 Å². The summed E-state index contributed by atoms with van der Waals surface area (Å²) in [6.45, 7) is 1.91. The van der Waals surface area contributed by atoms with Crippen LogP contribution < -0.4 is 10.6 Å². The molecule has 0 radical (unpaired) electrons. The number of benzene rings is 2. The lowest BCUT2D eigenvalue weighted by Crippen LogP contribution is -2.15. The Morgan fingerprint density at radius 3 is 2.90 bits per heavy atom. The zero-order chi connectivity index (χ0) is 14.7. The summed E-state index contributed by atoms with van der Waals surface area (Å²) in [5.74, 6) is 0. The van der Waals surface area contributed by atoms with Crippen molar-refractivity contribution in [3.63, 3.8) is 0 Å². The Hall–Kier alpha value is -1.83. The monoisotopic (exact) mass is 341 g/mol. The predicted octanol–water partition coefficient (Wildman–Crippen LogP) is 3.97. The Kier molecular flexibility index (Phi) is 4.23. The normalized spacial score (nSPS) is 17.4. The van der Waals surface area contributed by atoms with E-state index in [4.69, 9.17) is 5.26 Å². The second-order valence-electron chi connectivity index (χ2n) is 5.17. The molecule has 0 bridgehead atoms. The fourth-order valence-electron chi connectivity index (χ4n) is 2.70. The molecule has 0 amide bonds. The van der Waals surface area contributed by atoms with Gasteiger partial charge in [-0.1, -0.05) is 24.3 Å². The molecule has 1 atom stereocenters. The minimum absolute atomic E-state index is 0.278. The molecule has 0 aliphatic carbocycles. The van der Waals surface area contributed by atoms with Crippen molar-refractivity contribution in [3.05, 3.63) is 63.6 Å². The van der Waals surface area contributed by atoms with Crippen molar-refractivity contribution in [1.29, 1.82) is 5.26 Å². The van der Waals surface area contributed by atoms with Crippen LogP contribution in [0.2, 0.25) is 0 Å². The molecule has 1 aliphatic heterocycles. The van der Waals surface area contributed by atoms with Gasteiger partial charge in [0, 0.05) is 16.7 Å². The van der Waals surface area contributed by atoms with Crippen LogP contribution in [-0.4, -0.2) is 6.54 Å². The van der Waals surface area contributed by atoms with E-state index in [1.807, 2.05) is 18.2 Å². The van der Waals surface area contributed by atoms with Gasteiger partial charge in [0.1, 0.15) is 0 Å². The molecule has 3 nitrogen and oxygen atoms in total. The van der Waals surface area contributed by atoms with E-state index >= 15 is 0 Å². The average molecular weight is 342 g/mol. The third kappa shape index (κ3) is 3.10. The summed E-state index contributed by atoms with van der Waals surface area (Å²) in [5.41, 5.74) is 4.38. The van der Waals surface area contributed by atoms with Gasteiger partial charge in [-0.25, -0.2) is 0 Å². The lowest BCUT2D eigenvalue weighted by atomic mass is 9.99. The largest absolute Gasteiger partial charge is 0.377 e. The molecular formula is C17H16BrN3. The zero-order valence-corrected chi connectivity index (χ0v) is 13.2. The molecule has 0 spiro atoms. The van der Waals surface area contributed by atoms with Gasteiger partial charge in [-0.3, -0.25) is 0 Å². The van der Waals surface area contributed by atoms with Crippen LogP contribution in [-0.2, 0) is 6.54 Å². The molecule has 2 N–H and O–H groups in total. The fourth-order valence-corrected chi connectivity index (χ4v) is 3.19. The van der Waals surface area contributed by atoms with Gasteiger partial charge in [0.05, 0.1) is 17.7 Å². The van der Waals surface area contributed by atoms with Gasteiger partial charge in [0.15, 0.2) is 0 Å². The number of fused-ring (bicyclic) bond motifs is 1.